The Morgan fingerprint density at radius 2 is 2.16 bits per heavy atom. The second kappa shape index (κ2) is 5.14. The van der Waals surface area contributed by atoms with Gasteiger partial charge < -0.3 is 0 Å². The van der Waals surface area contributed by atoms with Crippen LogP contribution in [0.15, 0.2) is 18.2 Å². The van der Waals surface area contributed by atoms with E-state index >= 15 is 0 Å². The molecule has 96 valence electrons. The van der Waals surface area contributed by atoms with Crippen molar-refractivity contribution >= 4 is 11.3 Å². The number of thiazole rings is 1. The van der Waals surface area contributed by atoms with Gasteiger partial charge in [-0.1, -0.05) is 12.1 Å². The van der Waals surface area contributed by atoms with Crippen molar-refractivity contribution in [1.29, 1.82) is 5.26 Å². The Morgan fingerprint density at radius 1 is 1.32 bits per heavy atom. The molecule has 1 aromatic carbocycles. The Kier molecular flexibility index (Phi) is 3.35. The molecule has 2 nitrogen and oxygen atoms in total. The number of benzene rings is 1. The molecule has 0 fully saturated rings. The van der Waals surface area contributed by atoms with Crippen molar-refractivity contribution < 1.29 is 0 Å². The van der Waals surface area contributed by atoms with Crippen LogP contribution in [0.3, 0.4) is 0 Å². The maximum atomic E-state index is 8.68. The Morgan fingerprint density at radius 3 is 3.00 bits per heavy atom. The van der Waals surface area contributed by atoms with E-state index in [9.17, 15) is 0 Å². The molecule has 0 amide bonds. The molecule has 0 saturated carbocycles. The van der Waals surface area contributed by atoms with Crippen LogP contribution in [-0.2, 0) is 19.3 Å². The number of aromatic nitrogens is 1. The normalized spacial score (nSPS) is 13.3. The lowest BCUT2D eigenvalue weighted by Gasteiger charge is -2.01. The van der Waals surface area contributed by atoms with Gasteiger partial charge in [0.15, 0.2) is 0 Å². The van der Waals surface area contributed by atoms with Gasteiger partial charge in [-0.3, -0.25) is 0 Å². The summed E-state index contributed by atoms with van der Waals surface area (Å²) in [6, 6.07) is 8.95. The van der Waals surface area contributed by atoms with Crippen LogP contribution in [0.25, 0.3) is 10.6 Å². The lowest BCUT2D eigenvalue weighted by molar-refractivity contribution is 0.912. The number of aryl methyl sites for hydroxylation is 4. The van der Waals surface area contributed by atoms with Crippen LogP contribution in [-0.4, -0.2) is 4.98 Å². The molecule has 0 aliphatic heterocycles. The molecule has 0 unspecified atom stereocenters. The van der Waals surface area contributed by atoms with E-state index in [0.29, 0.717) is 6.42 Å². The van der Waals surface area contributed by atoms with Crippen molar-refractivity contribution in [3.63, 3.8) is 0 Å². The first-order chi connectivity index (χ1) is 9.28. The molecule has 0 saturated heterocycles. The van der Waals surface area contributed by atoms with Gasteiger partial charge >= 0.3 is 0 Å². The Labute approximate surface area is 117 Å². The summed E-state index contributed by atoms with van der Waals surface area (Å²) in [7, 11) is 0. The molecule has 1 aliphatic carbocycles. The lowest BCUT2D eigenvalue weighted by Crippen LogP contribution is -1.84. The molecule has 1 aliphatic rings. The summed E-state index contributed by atoms with van der Waals surface area (Å²) >= 11 is 1.74. The third kappa shape index (κ3) is 2.41. The Hall–Kier alpha value is -1.66. The summed E-state index contributed by atoms with van der Waals surface area (Å²) in [4.78, 5) is 5.92. The zero-order valence-electron chi connectivity index (χ0n) is 11.1. The fourth-order valence-electron chi connectivity index (χ4n) is 2.66. The van der Waals surface area contributed by atoms with E-state index in [1.807, 2.05) is 6.92 Å². The second-order valence-corrected chi connectivity index (χ2v) is 6.11. The highest BCUT2D eigenvalue weighted by Gasteiger charge is 2.14. The first-order valence-corrected chi connectivity index (χ1v) is 7.55. The quantitative estimate of drug-likeness (QED) is 0.841. The van der Waals surface area contributed by atoms with Crippen LogP contribution in [0.2, 0.25) is 0 Å². The standard InChI is InChI=1S/C16H16N2S/c1-11-15(6-3-9-17)19-16(18-11)14-8-7-12-4-2-5-13(12)10-14/h7-8,10H,2-6H2,1H3. The number of rotatable bonds is 3. The maximum Gasteiger partial charge on any atom is 0.123 e. The number of hydrogen-bond donors (Lipinski definition) is 0. The van der Waals surface area contributed by atoms with Gasteiger partial charge in [0.1, 0.15) is 5.01 Å². The van der Waals surface area contributed by atoms with E-state index in [1.165, 1.54) is 40.8 Å². The van der Waals surface area contributed by atoms with E-state index in [4.69, 9.17) is 5.26 Å². The number of nitrogens with zero attached hydrogens (tertiary/aromatic N) is 2. The fraction of sp³-hybridized carbons (Fsp3) is 0.375. The van der Waals surface area contributed by atoms with Gasteiger partial charge in [0.05, 0.1) is 11.8 Å². The van der Waals surface area contributed by atoms with Gasteiger partial charge in [0.25, 0.3) is 0 Å². The second-order valence-electron chi connectivity index (χ2n) is 5.02. The number of fused-ring (bicyclic) bond motifs is 1. The van der Waals surface area contributed by atoms with Gasteiger partial charge in [0, 0.05) is 16.9 Å². The molecule has 2 aromatic rings. The molecule has 19 heavy (non-hydrogen) atoms. The van der Waals surface area contributed by atoms with E-state index in [1.54, 1.807) is 11.3 Å². The summed E-state index contributed by atoms with van der Waals surface area (Å²) < 4.78 is 0. The molecular weight excluding hydrogens is 252 g/mol. The predicted octanol–water partition coefficient (Wildman–Crippen LogP) is 4.06. The number of hydrogen-bond acceptors (Lipinski definition) is 3. The van der Waals surface area contributed by atoms with Crippen LogP contribution in [0.5, 0.6) is 0 Å². The van der Waals surface area contributed by atoms with Gasteiger partial charge in [-0.15, -0.1) is 11.3 Å². The minimum atomic E-state index is 0.576. The SMILES string of the molecule is Cc1nc(-c2ccc3c(c2)CCC3)sc1CCC#N. The van der Waals surface area contributed by atoms with Crippen LogP contribution >= 0.6 is 11.3 Å². The molecule has 1 aromatic heterocycles. The van der Waals surface area contributed by atoms with Gasteiger partial charge in [-0.05, 0) is 49.8 Å². The van der Waals surface area contributed by atoms with Crippen molar-refractivity contribution in [2.24, 2.45) is 0 Å². The molecule has 3 heteroatoms. The Balaban J connectivity index is 1.92. The van der Waals surface area contributed by atoms with E-state index in [-0.39, 0.29) is 0 Å². The van der Waals surface area contributed by atoms with E-state index < -0.39 is 0 Å². The smallest absolute Gasteiger partial charge is 0.123 e. The van der Waals surface area contributed by atoms with Gasteiger partial charge in [0.2, 0.25) is 0 Å². The van der Waals surface area contributed by atoms with Gasteiger partial charge in [-0.2, -0.15) is 5.26 Å². The van der Waals surface area contributed by atoms with Gasteiger partial charge in [-0.25, -0.2) is 4.98 Å². The lowest BCUT2D eigenvalue weighted by atomic mass is 10.1. The van der Waals surface area contributed by atoms with E-state index in [2.05, 4.69) is 29.3 Å². The average Bonchev–Trinajstić information content (AvgIpc) is 3.02. The van der Waals surface area contributed by atoms with Crippen LogP contribution in [0, 0.1) is 18.3 Å². The zero-order valence-corrected chi connectivity index (χ0v) is 11.9. The van der Waals surface area contributed by atoms with Crippen molar-refractivity contribution in [2.45, 2.75) is 39.0 Å². The minimum Gasteiger partial charge on any atom is -0.241 e. The molecule has 0 atom stereocenters. The maximum absolute atomic E-state index is 8.68. The molecule has 0 spiro atoms. The average molecular weight is 268 g/mol. The first-order valence-electron chi connectivity index (χ1n) is 6.73. The highest BCUT2D eigenvalue weighted by molar-refractivity contribution is 7.15. The third-order valence-corrected chi connectivity index (χ3v) is 4.97. The monoisotopic (exact) mass is 268 g/mol. The minimum absolute atomic E-state index is 0.576. The summed E-state index contributed by atoms with van der Waals surface area (Å²) in [5.74, 6) is 0. The fourth-order valence-corrected chi connectivity index (χ4v) is 3.72. The topological polar surface area (TPSA) is 36.7 Å². The summed E-state index contributed by atoms with van der Waals surface area (Å²) in [5, 5.41) is 9.78. The van der Waals surface area contributed by atoms with Crippen LogP contribution in [0.4, 0.5) is 0 Å². The molecule has 3 rings (SSSR count). The molecule has 1 heterocycles. The molecule has 0 bridgehead atoms. The molecule has 0 radical (unpaired) electrons. The van der Waals surface area contributed by atoms with E-state index in [0.717, 1.165) is 17.1 Å². The molecular formula is C16H16N2S. The zero-order chi connectivity index (χ0) is 13.2. The first kappa shape index (κ1) is 12.4. The van der Waals surface area contributed by atoms with Crippen LogP contribution in [0.1, 0.15) is 34.5 Å². The van der Waals surface area contributed by atoms with Crippen molar-refractivity contribution in [1.82, 2.24) is 4.98 Å². The predicted molar refractivity (Wildman–Crippen MR) is 78.2 cm³/mol. The Bertz CT molecular complexity index is 649. The largest absolute Gasteiger partial charge is 0.241 e. The summed E-state index contributed by atoms with van der Waals surface area (Å²) in [6.45, 7) is 2.04. The van der Waals surface area contributed by atoms with Crippen molar-refractivity contribution in [2.75, 3.05) is 0 Å². The highest BCUT2D eigenvalue weighted by atomic mass is 32.1. The summed E-state index contributed by atoms with van der Waals surface area (Å²) in [6.07, 6.45) is 5.11. The molecule has 0 N–H and O–H groups in total. The summed E-state index contributed by atoms with van der Waals surface area (Å²) in [5.41, 5.74) is 5.30. The third-order valence-electron chi connectivity index (χ3n) is 3.70. The highest BCUT2D eigenvalue weighted by Crippen LogP contribution is 2.32. The van der Waals surface area contributed by atoms with Crippen molar-refractivity contribution in [3.8, 4) is 16.6 Å². The number of nitriles is 1. The van der Waals surface area contributed by atoms with Crippen molar-refractivity contribution in [3.05, 3.63) is 39.9 Å². The van der Waals surface area contributed by atoms with Crippen LogP contribution < -0.4 is 0 Å².